The number of hydrogen-bond acceptors (Lipinski definition) is 5. The van der Waals surface area contributed by atoms with Gasteiger partial charge in [-0.05, 0) is 36.4 Å². The summed E-state index contributed by atoms with van der Waals surface area (Å²) in [6, 6.07) is 9.57. The molecule has 0 aliphatic carbocycles. The van der Waals surface area contributed by atoms with Crippen LogP contribution in [0.4, 0.5) is 5.69 Å². The second kappa shape index (κ2) is 7.89. The molecule has 0 aliphatic heterocycles. The monoisotopic (exact) mass is 398 g/mol. The number of halogens is 1. The molecule has 0 aliphatic rings. The van der Waals surface area contributed by atoms with Crippen molar-refractivity contribution in [2.45, 2.75) is 0 Å². The lowest BCUT2D eigenvalue weighted by molar-refractivity contribution is 0.0937. The highest BCUT2D eigenvalue weighted by Crippen LogP contribution is 2.18. The van der Waals surface area contributed by atoms with Crippen LogP contribution in [0.3, 0.4) is 0 Å². The van der Waals surface area contributed by atoms with Gasteiger partial charge in [0.05, 0.1) is 0 Å². The van der Waals surface area contributed by atoms with Crippen LogP contribution in [-0.2, 0) is 0 Å². The van der Waals surface area contributed by atoms with Crippen molar-refractivity contribution >= 4 is 35.0 Å². The van der Waals surface area contributed by atoms with Crippen molar-refractivity contribution in [3.8, 4) is 5.69 Å². The van der Waals surface area contributed by atoms with Gasteiger partial charge in [0.25, 0.3) is 17.7 Å². The SMILES string of the molecule is CNC(=O)c1ncn(-c2ccc(NC(=O)c3ccnc(Cl)c3)cc2)c1C(N)=O. The molecule has 0 radical (unpaired) electrons. The van der Waals surface area contributed by atoms with Crippen LogP contribution < -0.4 is 16.4 Å². The van der Waals surface area contributed by atoms with Crippen molar-refractivity contribution in [3.05, 3.63) is 71.0 Å². The molecule has 1 aromatic carbocycles. The summed E-state index contributed by atoms with van der Waals surface area (Å²) in [5.41, 5.74) is 6.73. The van der Waals surface area contributed by atoms with Crippen molar-refractivity contribution in [2.75, 3.05) is 12.4 Å². The molecule has 3 amide bonds. The Balaban J connectivity index is 1.85. The summed E-state index contributed by atoms with van der Waals surface area (Å²) in [7, 11) is 1.43. The maximum absolute atomic E-state index is 12.3. The van der Waals surface area contributed by atoms with E-state index in [0.29, 0.717) is 16.9 Å². The molecule has 3 aromatic rings. The number of benzene rings is 1. The molecule has 0 unspecified atom stereocenters. The van der Waals surface area contributed by atoms with E-state index in [4.69, 9.17) is 17.3 Å². The standard InChI is InChI=1S/C18H15ClN6O3/c1-21-18(28)14-15(16(20)26)25(9-23-14)12-4-2-11(3-5-12)24-17(27)10-6-7-22-13(19)8-10/h2-9H,1H3,(H2,20,26)(H,21,28)(H,24,27). The number of hydrogen-bond donors (Lipinski definition) is 3. The van der Waals surface area contributed by atoms with Gasteiger partial charge in [0.1, 0.15) is 17.2 Å². The molecular weight excluding hydrogens is 384 g/mol. The van der Waals surface area contributed by atoms with E-state index in [0.717, 1.165) is 0 Å². The zero-order valence-corrected chi connectivity index (χ0v) is 15.4. The Morgan fingerprint density at radius 3 is 2.39 bits per heavy atom. The van der Waals surface area contributed by atoms with Gasteiger partial charge in [-0.25, -0.2) is 9.97 Å². The van der Waals surface area contributed by atoms with Gasteiger partial charge in [-0.3, -0.25) is 19.0 Å². The van der Waals surface area contributed by atoms with E-state index >= 15 is 0 Å². The van der Waals surface area contributed by atoms with Gasteiger partial charge in [0.15, 0.2) is 5.69 Å². The van der Waals surface area contributed by atoms with Crippen molar-refractivity contribution in [2.24, 2.45) is 5.73 Å². The van der Waals surface area contributed by atoms with E-state index in [1.807, 2.05) is 0 Å². The number of nitrogens with zero attached hydrogens (tertiary/aromatic N) is 3. The van der Waals surface area contributed by atoms with E-state index in [-0.39, 0.29) is 22.4 Å². The second-order valence-electron chi connectivity index (χ2n) is 5.62. The van der Waals surface area contributed by atoms with Crippen molar-refractivity contribution in [3.63, 3.8) is 0 Å². The maximum atomic E-state index is 12.3. The van der Waals surface area contributed by atoms with Gasteiger partial charge < -0.3 is 16.4 Å². The first-order valence-corrected chi connectivity index (χ1v) is 8.41. The average Bonchev–Trinajstić information content (AvgIpc) is 3.13. The first-order valence-electron chi connectivity index (χ1n) is 8.03. The van der Waals surface area contributed by atoms with Gasteiger partial charge in [0.2, 0.25) is 0 Å². The average molecular weight is 399 g/mol. The Morgan fingerprint density at radius 2 is 1.79 bits per heavy atom. The van der Waals surface area contributed by atoms with Crippen LogP contribution in [-0.4, -0.2) is 39.3 Å². The number of nitrogens with one attached hydrogen (secondary N) is 2. The molecule has 2 aromatic heterocycles. The fraction of sp³-hybridized carbons (Fsp3) is 0.0556. The van der Waals surface area contributed by atoms with Gasteiger partial charge >= 0.3 is 0 Å². The largest absolute Gasteiger partial charge is 0.364 e. The molecule has 3 rings (SSSR count). The van der Waals surface area contributed by atoms with Crippen molar-refractivity contribution < 1.29 is 14.4 Å². The third-order valence-electron chi connectivity index (χ3n) is 3.84. The van der Waals surface area contributed by atoms with E-state index in [2.05, 4.69) is 20.6 Å². The number of imidazole rings is 1. The Hall–Kier alpha value is -3.72. The van der Waals surface area contributed by atoms with Crippen molar-refractivity contribution in [1.82, 2.24) is 19.9 Å². The third-order valence-corrected chi connectivity index (χ3v) is 4.04. The number of carbonyl (C=O) groups excluding carboxylic acids is 3. The number of primary amides is 1. The number of carbonyl (C=O) groups is 3. The molecule has 0 atom stereocenters. The highest BCUT2D eigenvalue weighted by Gasteiger charge is 2.22. The van der Waals surface area contributed by atoms with Crippen LogP contribution >= 0.6 is 11.6 Å². The smallest absolute Gasteiger partial charge is 0.272 e. The molecule has 4 N–H and O–H groups in total. The summed E-state index contributed by atoms with van der Waals surface area (Å²) < 4.78 is 1.40. The normalized spacial score (nSPS) is 10.4. The number of aromatic nitrogens is 3. The number of nitrogens with two attached hydrogens (primary N) is 1. The molecule has 9 nitrogen and oxygen atoms in total. The fourth-order valence-electron chi connectivity index (χ4n) is 2.52. The Bertz CT molecular complexity index is 1060. The molecular formula is C18H15ClN6O3. The summed E-state index contributed by atoms with van der Waals surface area (Å²) in [5, 5.41) is 5.35. The topological polar surface area (TPSA) is 132 Å². The summed E-state index contributed by atoms with van der Waals surface area (Å²) in [6.45, 7) is 0. The molecule has 0 saturated carbocycles. The highest BCUT2D eigenvalue weighted by atomic mass is 35.5. The lowest BCUT2D eigenvalue weighted by Gasteiger charge is -2.09. The molecule has 142 valence electrons. The maximum Gasteiger partial charge on any atom is 0.272 e. The minimum absolute atomic E-state index is 0.0393. The number of anilines is 1. The predicted molar refractivity (Wildman–Crippen MR) is 103 cm³/mol. The van der Waals surface area contributed by atoms with Crippen LogP contribution in [0.1, 0.15) is 31.3 Å². The van der Waals surface area contributed by atoms with Gasteiger partial charge in [-0.2, -0.15) is 0 Å². The Kier molecular flexibility index (Phi) is 5.37. The lowest BCUT2D eigenvalue weighted by atomic mass is 10.2. The molecule has 0 bridgehead atoms. The summed E-state index contributed by atoms with van der Waals surface area (Å²) in [6.07, 6.45) is 2.77. The number of amides is 3. The highest BCUT2D eigenvalue weighted by molar-refractivity contribution is 6.29. The van der Waals surface area contributed by atoms with Gasteiger partial charge in [-0.15, -0.1) is 0 Å². The zero-order chi connectivity index (χ0) is 20.3. The molecule has 0 spiro atoms. The second-order valence-corrected chi connectivity index (χ2v) is 6.01. The van der Waals surface area contributed by atoms with Crippen LogP contribution in [0.15, 0.2) is 48.9 Å². The number of rotatable bonds is 5. The van der Waals surface area contributed by atoms with Gasteiger partial charge in [-0.1, -0.05) is 11.6 Å². The summed E-state index contributed by atoms with van der Waals surface area (Å²) in [5.74, 6) is -1.66. The first-order chi connectivity index (χ1) is 13.4. The molecule has 2 heterocycles. The van der Waals surface area contributed by atoms with Crippen LogP contribution in [0.2, 0.25) is 5.15 Å². The first kappa shape index (κ1) is 19.1. The van der Waals surface area contributed by atoms with Crippen LogP contribution in [0.25, 0.3) is 5.69 Å². The van der Waals surface area contributed by atoms with E-state index in [9.17, 15) is 14.4 Å². The minimum Gasteiger partial charge on any atom is -0.364 e. The lowest BCUT2D eigenvalue weighted by Crippen LogP contribution is -2.25. The van der Waals surface area contributed by atoms with E-state index in [1.54, 1.807) is 30.3 Å². The fourth-order valence-corrected chi connectivity index (χ4v) is 2.69. The Morgan fingerprint density at radius 1 is 1.07 bits per heavy atom. The van der Waals surface area contributed by atoms with E-state index in [1.165, 1.54) is 30.2 Å². The van der Waals surface area contributed by atoms with Gasteiger partial charge in [0, 0.05) is 30.2 Å². The summed E-state index contributed by atoms with van der Waals surface area (Å²) >= 11 is 5.79. The summed E-state index contributed by atoms with van der Waals surface area (Å²) in [4.78, 5) is 43.7. The van der Waals surface area contributed by atoms with Crippen molar-refractivity contribution in [1.29, 1.82) is 0 Å². The van der Waals surface area contributed by atoms with E-state index < -0.39 is 11.8 Å². The molecule has 10 heteroatoms. The zero-order valence-electron chi connectivity index (χ0n) is 14.6. The molecule has 0 saturated heterocycles. The molecule has 28 heavy (non-hydrogen) atoms. The molecule has 0 fully saturated rings. The quantitative estimate of drug-likeness (QED) is 0.562. The van der Waals surface area contributed by atoms with Crippen LogP contribution in [0, 0.1) is 0 Å². The minimum atomic E-state index is -0.789. The van der Waals surface area contributed by atoms with Crippen LogP contribution in [0.5, 0.6) is 0 Å². The Labute approximate surface area is 164 Å². The third kappa shape index (κ3) is 3.84. The predicted octanol–water partition coefficient (Wildman–Crippen LogP) is 1.63. The number of pyridine rings is 1.